The molecule has 2 unspecified atom stereocenters. The fraction of sp³-hybridized carbons (Fsp3) is 0.562. The van der Waals surface area contributed by atoms with E-state index in [9.17, 15) is 35.3 Å². The molecule has 1 aromatic rings. The zero-order valence-corrected chi connectivity index (χ0v) is 18.5. The molecular formula is C16H17F4NaO6S. The van der Waals surface area contributed by atoms with Crippen LogP contribution in [0.15, 0.2) is 0 Å². The van der Waals surface area contributed by atoms with Gasteiger partial charge >= 0.3 is 35.5 Å². The Bertz CT molecular complexity index is 845. The molecule has 0 aromatic heterocycles. The van der Waals surface area contributed by atoms with Gasteiger partial charge in [0.25, 0.3) is 0 Å². The normalized spacial score (nSPS) is 20.4. The molecule has 1 aliphatic rings. The predicted molar refractivity (Wildman–Crippen MR) is 82.1 cm³/mol. The van der Waals surface area contributed by atoms with Crippen LogP contribution < -0.4 is 29.6 Å². The van der Waals surface area contributed by atoms with Gasteiger partial charge in [-0.1, -0.05) is 13.8 Å². The van der Waals surface area contributed by atoms with Crippen molar-refractivity contribution in [3.05, 3.63) is 34.4 Å². The van der Waals surface area contributed by atoms with Crippen molar-refractivity contribution in [2.75, 3.05) is 12.9 Å². The van der Waals surface area contributed by atoms with Crippen LogP contribution in [-0.4, -0.2) is 31.8 Å². The van der Waals surface area contributed by atoms with Gasteiger partial charge in [0.05, 0.1) is 33.8 Å². The third kappa shape index (κ3) is 5.06. The number of hydrogen-bond donors (Lipinski definition) is 0. The monoisotopic (exact) mass is 436 g/mol. The number of carbonyl (C=O) groups excluding carboxylic acids is 1. The third-order valence-electron chi connectivity index (χ3n) is 4.78. The molecule has 152 valence electrons. The van der Waals surface area contributed by atoms with Crippen molar-refractivity contribution < 1.29 is 74.4 Å². The molecule has 1 aromatic carbocycles. The van der Waals surface area contributed by atoms with Crippen molar-refractivity contribution in [2.24, 2.45) is 17.3 Å². The summed E-state index contributed by atoms with van der Waals surface area (Å²) in [5.74, 6) is -10.4. The average Bonchev–Trinajstić information content (AvgIpc) is 3.07. The van der Waals surface area contributed by atoms with Gasteiger partial charge in [-0.15, -0.1) is 0 Å². The summed E-state index contributed by atoms with van der Waals surface area (Å²) in [6, 6.07) is 0. The number of benzene rings is 1. The van der Waals surface area contributed by atoms with Gasteiger partial charge in [0.1, 0.15) is 6.61 Å². The summed E-state index contributed by atoms with van der Waals surface area (Å²) in [6.07, 6.45) is 0. The van der Waals surface area contributed by atoms with E-state index in [4.69, 9.17) is 4.74 Å². The van der Waals surface area contributed by atoms with Crippen LogP contribution in [0.1, 0.15) is 25.0 Å². The molecule has 28 heavy (non-hydrogen) atoms. The Morgan fingerprint density at radius 2 is 1.46 bits per heavy atom. The van der Waals surface area contributed by atoms with Gasteiger partial charge in [0.15, 0.2) is 23.3 Å². The molecule has 0 saturated heterocycles. The van der Waals surface area contributed by atoms with E-state index in [-0.39, 0.29) is 29.6 Å². The van der Waals surface area contributed by atoms with E-state index in [1.165, 1.54) is 13.8 Å². The quantitative estimate of drug-likeness (QED) is 0.184. The maximum absolute atomic E-state index is 14.0. The zero-order chi connectivity index (χ0) is 20.7. The van der Waals surface area contributed by atoms with E-state index in [1.54, 1.807) is 0 Å². The van der Waals surface area contributed by atoms with E-state index >= 15 is 0 Å². The Labute approximate surface area is 181 Å². The van der Waals surface area contributed by atoms with Gasteiger partial charge in [0.2, 0.25) is 0 Å². The molecule has 2 rings (SSSR count). The molecule has 1 fully saturated rings. The second-order valence-corrected chi connectivity index (χ2v) is 8.33. The first-order valence-electron chi connectivity index (χ1n) is 7.75. The summed E-state index contributed by atoms with van der Waals surface area (Å²) >= 11 is 0. The summed E-state index contributed by atoms with van der Waals surface area (Å²) in [6.45, 7) is 1.25. The Balaban J connectivity index is 0.00000392. The van der Waals surface area contributed by atoms with E-state index in [2.05, 4.69) is 4.74 Å². The van der Waals surface area contributed by atoms with E-state index in [0.717, 1.165) is 7.11 Å². The second-order valence-electron chi connectivity index (χ2n) is 6.88. The first-order chi connectivity index (χ1) is 12.3. The SMILES string of the molecule is COCc1c(F)c(F)c(COC(=O)C2C(CS(=O)(=O)[O-])C2(C)C)c(F)c1F.[Na+]. The Morgan fingerprint density at radius 1 is 1.04 bits per heavy atom. The maximum Gasteiger partial charge on any atom is 1.00 e. The minimum absolute atomic E-state index is 0. The molecule has 0 N–H and O–H groups in total. The molecule has 6 nitrogen and oxygen atoms in total. The van der Waals surface area contributed by atoms with Crippen LogP contribution in [0.4, 0.5) is 17.6 Å². The molecule has 0 bridgehead atoms. The van der Waals surface area contributed by atoms with E-state index < -0.39 is 86.7 Å². The molecule has 1 aliphatic carbocycles. The van der Waals surface area contributed by atoms with Crippen molar-refractivity contribution in [1.29, 1.82) is 0 Å². The van der Waals surface area contributed by atoms with Crippen LogP contribution in [0.25, 0.3) is 0 Å². The minimum atomic E-state index is -4.59. The van der Waals surface area contributed by atoms with Crippen LogP contribution in [0.3, 0.4) is 0 Å². The van der Waals surface area contributed by atoms with Gasteiger partial charge in [-0.3, -0.25) is 4.79 Å². The Morgan fingerprint density at radius 3 is 1.86 bits per heavy atom. The number of ether oxygens (including phenoxy) is 2. The molecule has 0 radical (unpaired) electrons. The summed E-state index contributed by atoms with van der Waals surface area (Å²) in [5.41, 5.74) is -2.93. The number of carbonyl (C=O) groups is 1. The third-order valence-corrected chi connectivity index (χ3v) is 5.55. The van der Waals surface area contributed by atoms with Crippen molar-refractivity contribution in [1.82, 2.24) is 0 Å². The summed E-state index contributed by atoms with van der Waals surface area (Å²) in [7, 11) is -3.51. The topological polar surface area (TPSA) is 92.7 Å². The van der Waals surface area contributed by atoms with Crippen molar-refractivity contribution >= 4 is 16.1 Å². The first kappa shape index (κ1) is 25.3. The largest absolute Gasteiger partial charge is 1.00 e. The standard InChI is InChI=1S/C16H18F4O6S.Na/c1-16(2)9(6-27(22,23)24)10(16)15(21)26-5-8-13(19)11(17)7(4-25-3)12(18)14(8)20;/h9-10H,4-6H2,1-3H3,(H,22,23,24);/q;+1/p-1. The fourth-order valence-corrected chi connectivity index (χ4v) is 4.16. The van der Waals surface area contributed by atoms with E-state index in [1.807, 2.05) is 0 Å². The smallest absolute Gasteiger partial charge is 0.748 e. The molecule has 0 amide bonds. The Kier molecular flexibility index (Phi) is 8.11. The number of hydrogen-bond acceptors (Lipinski definition) is 6. The average molecular weight is 436 g/mol. The van der Waals surface area contributed by atoms with Crippen LogP contribution in [0.5, 0.6) is 0 Å². The van der Waals surface area contributed by atoms with Gasteiger partial charge in [0, 0.05) is 12.9 Å². The number of esters is 1. The van der Waals surface area contributed by atoms with Gasteiger partial charge in [-0.25, -0.2) is 26.0 Å². The van der Waals surface area contributed by atoms with Crippen LogP contribution in [0, 0.1) is 40.5 Å². The molecule has 12 heteroatoms. The van der Waals surface area contributed by atoms with Gasteiger partial charge in [-0.05, 0) is 11.3 Å². The van der Waals surface area contributed by atoms with Crippen molar-refractivity contribution in [2.45, 2.75) is 27.1 Å². The maximum atomic E-state index is 14.0. The van der Waals surface area contributed by atoms with Crippen LogP contribution in [0.2, 0.25) is 0 Å². The molecule has 0 spiro atoms. The van der Waals surface area contributed by atoms with E-state index in [0.29, 0.717) is 0 Å². The minimum Gasteiger partial charge on any atom is -0.748 e. The zero-order valence-electron chi connectivity index (χ0n) is 15.6. The molecule has 1 saturated carbocycles. The molecule has 0 heterocycles. The first-order valence-corrected chi connectivity index (χ1v) is 9.33. The summed E-state index contributed by atoms with van der Waals surface area (Å²) in [4.78, 5) is 12.1. The van der Waals surface area contributed by atoms with Crippen LogP contribution in [-0.2, 0) is 37.6 Å². The van der Waals surface area contributed by atoms with Crippen molar-refractivity contribution in [3.8, 4) is 0 Å². The predicted octanol–water partition coefficient (Wildman–Crippen LogP) is -0.746. The summed E-state index contributed by atoms with van der Waals surface area (Å²) in [5, 5.41) is 0. The fourth-order valence-electron chi connectivity index (χ4n) is 3.10. The van der Waals surface area contributed by atoms with Gasteiger partial charge < -0.3 is 14.0 Å². The Hall–Kier alpha value is -0.720. The number of halogens is 4. The number of methoxy groups -OCH3 is 1. The molecule has 2 atom stereocenters. The second kappa shape index (κ2) is 8.97. The van der Waals surface area contributed by atoms with Crippen molar-refractivity contribution in [3.63, 3.8) is 0 Å². The molecule has 0 aliphatic heterocycles. The summed E-state index contributed by atoms with van der Waals surface area (Å²) < 4.78 is 97.5. The number of rotatable bonds is 7. The molecular weight excluding hydrogens is 419 g/mol. The van der Waals surface area contributed by atoms with Gasteiger partial charge in [-0.2, -0.15) is 0 Å². The van der Waals surface area contributed by atoms with Crippen LogP contribution >= 0.6 is 0 Å².